The smallest absolute Gasteiger partial charge is 0.146 e. The van der Waals surface area contributed by atoms with Crippen LogP contribution in [-0.2, 0) is 6.54 Å². The van der Waals surface area contributed by atoms with Crippen molar-refractivity contribution in [2.45, 2.75) is 6.54 Å². The molecule has 0 aliphatic rings. The highest BCUT2D eigenvalue weighted by molar-refractivity contribution is 9.10. The van der Waals surface area contributed by atoms with Gasteiger partial charge in [-0.3, -0.25) is 4.98 Å². The fraction of sp³-hybridized carbons (Fsp3) is 0.0714. The van der Waals surface area contributed by atoms with Crippen LogP contribution in [0.15, 0.2) is 47.3 Å². The summed E-state index contributed by atoms with van der Waals surface area (Å²) in [6.07, 6.45) is 3.23. The lowest BCUT2D eigenvalue weighted by Crippen LogP contribution is -2.05. The van der Waals surface area contributed by atoms with Gasteiger partial charge in [-0.1, -0.05) is 24.3 Å². The Hall–Kier alpha value is -2.21. The Kier molecular flexibility index (Phi) is 3.47. The van der Waals surface area contributed by atoms with Crippen LogP contribution in [-0.4, -0.2) is 15.0 Å². The van der Waals surface area contributed by atoms with E-state index in [1.54, 1.807) is 6.20 Å². The lowest BCUT2D eigenvalue weighted by atomic mass is 10.1. The molecular formula is C14H12BrN5. The van der Waals surface area contributed by atoms with Crippen LogP contribution in [0.4, 0.5) is 11.6 Å². The summed E-state index contributed by atoms with van der Waals surface area (Å²) in [6.45, 7) is 0.614. The minimum atomic E-state index is 0.415. The maximum absolute atomic E-state index is 5.73. The number of benzene rings is 1. The number of nitrogens with zero attached hydrogens (tertiary/aromatic N) is 3. The summed E-state index contributed by atoms with van der Waals surface area (Å²) in [4.78, 5) is 12.5. The molecule has 0 amide bonds. The first kappa shape index (κ1) is 12.8. The predicted octanol–water partition coefficient (Wildman–Crippen LogP) is 2.98. The van der Waals surface area contributed by atoms with E-state index in [1.807, 2.05) is 30.3 Å². The van der Waals surface area contributed by atoms with Gasteiger partial charge < -0.3 is 11.1 Å². The van der Waals surface area contributed by atoms with E-state index in [-0.39, 0.29) is 0 Å². The number of hydrogen-bond acceptors (Lipinski definition) is 5. The average molecular weight is 330 g/mol. The molecule has 0 spiro atoms. The Morgan fingerprint density at radius 2 is 1.95 bits per heavy atom. The van der Waals surface area contributed by atoms with Gasteiger partial charge in [0.25, 0.3) is 0 Å². The van der Waals surface area contributed by atoms with Crippen molar-refractivity contribution < 1.29 is 0 Å². The van der Waals surface area contributed by atoms with Crippen molar-refractivity contribution in [2.24, 2.45) is 0 Å². The minimum Gasteiger partial charge on any atom is -0.383 e. The lowest BCUT2D eigenvalue weighted by Gasteiger charge is -2.10. The average Bonchev–Trinajstić information content (AvgIpc) is 2.49. The molecule has 0 bridgehead atoms. The SMILES string of the molecule is Nc1ncnc(NCc2cccc3cccnc23)c1Br. The summed E-state index contributed by atoms with van der Waals surface area (Å²) in [5.41, 5.74) is 7.82. The van der Waals surface area contributed by atoms with E-state index in [2.05, 4.69) is 36.2 Å². The number of para-hydroxylation sites is 1. The topological polar surface area (TPSA) is 76.7 Å². The van der Waals surface area contributed by atoms with Crippen LogP contribution < -0.4 is 11.1 Å². The summed E-state index contributed by atoms with van der Waals surface area (Å²) in [6, 6.07) is 10.1. The van der Waals surface area contributed by atoms with Gasteiger partial charge in [0, 0.05) is 18.1 Å². The minimum absolute atomic E-state index is 0.415. The van der Waals surface area contributed by atoms with Crippen molar-refractivity contribution in [2.75, 3.05) is 11.1 Å². The van der Waals surface area contributed by atoms with Crippen molar-refractivity contribution in [1.29, 1.82) is 0 Å². The fourth-order valence-corrected chi connectivity index (χ4v) is 2.34. The lowest BCUT2D eigenvalue weighted by molar-refractivity contribution is 1.08. The number of aromatic nitrogens is 3. The monoisotopic (exact) mass is 329 g/mol. The summed E-state index contributed by atoms with van der Waals surface area (Å²) in [5, 5.41) is 4.36. The molecule has 0 unspecified atom stereocenters. The molecule has 6 heteroatoms. The van der Waals surface area contributed by atoms with E-state index in [0.717, 1.165) is 16.5 Å². The zero-order valence-electron chi connectivity index (χ0n) is 10.5. The van der Waals surface area contributed by atoms with Crippen LogP contribution in [0.5, 0.6) is 0 Å². The molecule has 2 heterocycles. The zero-order chi connectivity index (χ0) is 13.9. The standard InChI is InChI=1S/C14H12BrN5/c15-11-13(16)19-8-20-14(11)18-7-10-4-1-3-9-5-2-6-17-12(9)10/h1-6,8H,7H2,(H3,16,18,19,20). The summed E-state index contributed by atoms with van der Waals surface area (Å²) < 4.78 is 0.674. The highest BCUT2D eigenvalue weighted by Gasteiger charge is 2.07. The van der Waals surface area contributed by atoms with Gasteiger partial charge in [-0.25, -0.2) is 9.97 Å². The molecular weight excluding hydrogens is 318 g/mol. The molecule has 0 saturated heterocycles. The van der Waals surface area contributed by atoms with Crippen molar-refractivity contribution >= 4 is 38.5 Å². The number of nitrogens with two attached hydrogens (primary N) is 1. The summed E-state index contributed by atoms with van der Waals surface area (Å²) >= 11 is 3.38. The molecule has 0 radical (unpaired) electrons. The van der Waals surface area contributed by atoms with Gasteiger partial charge in [0.05, 0.1) is 5.52 Å². The first-order valence-electron chi connectivity index (χ1n) is 6.08. The molecule has 3 aromatic rings. The molecule has 0 aliphatic heterocycles. The van der Waals surface area contributed by atoms with Gasteiger partial charge in [0.1, 0.15) is 22.4 Å². The second kappa shape index (κ2) is 5.42. The van der Waals surface area contributed by atoms with Crippen LogP contribution in [0, 0.1) is 0 Å². The second-order valence-electron chi connectivity index (χ2n) is 4.27. The van der Waals surface area contributed by atoms with E-state index in [9.17, 15) is 0 Å². The van der Waals surface area contributed by atoms with Crippen LogP contribution >= 0.6 is 15.9 Å². The van der Waals surface area contributed by atoms with E-state index in [1.165, 1.54) is 6.33 Å². The number of fused-ring (bicyclic) bond motifs is 1. The van der Waals surface area contributed by atoms with Gasteiger partial charge >= 0.3 is 0 Å². The third-order valence-corrected chi connectivity index (χ3v) is 3.76. The molecule has 2 aromatic heterocycles. The molecule has 0 atom stereocenters. The molecule has 20 heavy (non-hydrogen) atoms. The van der Waals surface area contributed by atoms with Crippen molar-refractivity contribution in [3.63, 3.8) is 0 Å². The van der Waals surface area contributed by atoms with Crippen molar-refractivity contribution in [3.05, 3.63) is 52.9 Å². The molecule has 100 valence electrons. The maximum Gasteiger partial charge on any atom is 0.146 e. The van der Waals surface area contributed by atoms with Crippen LogP contribution in [0.25, 0.3) is 10.9 Å². The van der Waals surface area contributed by atoms with Crippen LogP contribution in [0.2, 0.25) is 0 Å². The number of pyridine rings is 1. The fourth-order valence-electron chi connectivity index (χ4n) is 2.00. The quantitative estimate of drug-likeness (QED) is 0.772. The van der Waals surface area contributed by atoms with Gasteiger partial charge in [-0.15, -0.1) is 0 Å². The largest absolute Gasteiger partial charge is 0.383 e. The van der Waals surface area contributed by atoms with Gasteiger partial charge in [-0.05, 0) is 27.6 Å². The Bertz CT molecular complexity index is 754. The number of rotatable bonds is 3. The van der Waals surface area contributed by atoms with Gasteiger partial charge in [-0.2, -0.15) is 0 Å². The molecule has 5 nitrogen and oxygen atoms in total. The first-order chi connectivity index (χ1) is 9.75. The number of halogens is 1. The number of nitrogens with one attached hydrogen (secondary N) is 1. The van der Waals surface area contributed by atoms with Crippen molar-refractivity contribution in [1.82, 2.24) is 15.0 Å². The molecule has 0 saturated carbocycles. The van der Waals surface area contributed by atoms with E-state index in [4.69, 9.17) is 5.73 Å². The van der Waals surface area contributed by atoms with Gasteiger partial charge in [0.2, 0.25) is 0 Å². The molecule has 0 aliphatic carbocycles. The van der Waals surface area contributed by atoms with E-state index < -0.39 is 0 Å². The highest BCUT2D eigenvalue weighted by Crippen LogP contribution is 2.25. The summed E-state index contributed by atoms with van der Waals surface area (Å²) in [5.74, 6) is 1.09. The summed E-state index contributed by atoms with van der Waals surface area (Å²) in [7, 11) is 0. The number of hydrogen-bond donors (Lipinski definition) is 2. The van der Waals surface area contributed by atoms with Gasteiger partial charge in [0.15, 0.2) is 0 Å². The van der Waals surface area contributed by atoms with E-state index >= 15 is 0 Å². The Labute approximate surface area is 124 Å². The Morgan fingerprint density at radius 3 is 2.85 bits per heavy atom. The predicted molar refractivity (Wildman–Crippen MR) is 83.2 cm³/mol. The number of nitrogen functional groups attached to an aromatic ring is 1. The maximum atomic E-state index is 5.73. The molecule has 3 rings (SSSR count). The molecule has 3 N–H and O–H groups in total. The zero-order valence-corrected chi connectivity index (χ0v) is 12.1. The highest BCUT2D eigenvalue weighted by atomic mass is 79.9. The Balaban J connectivity index is 1.89. The van der Waals surface area contributed by atoms with E-state index in [0.29, 0.717) is 22.7 Å². The molecule has 0 fully saturated rings. The van der Waals surface area contributed by atoms with Crippen LogP contribution in [0.3, 0.4) is 0 Å². The third kappa shape index (κ3) is 2.42. The molecule has 1 aromatic carbocycles. The Morgan fingerprint density at radius 1 is 1.10 bits per heavy atom. The second-order valence-corrected chi connectivity index (χ2v) is 5.06. The normalized spacial score (nSPS) is 10.7. The third-order valence-electron chi connectivity index (χ3n) is 2.98. The number of anilines is 2. The van der Waals surface area contributed by atoms with Crippen LogP contribution in [0.1, 0.15) is 5.56 Å². The first-order valence-corrected chi connectivity index (χ1v) is 6.87. The van der Waals surface area contributed by atoms with Crippen molar-refractivity contribution in [3.8, 4) is 0 Å².